The molecule has 0 aliphatic heterocycles. The van der Waals surface area contributed by atoms with Crippen molar-refractivity contribution in [3.05, 3.63) is 28.8 Å². The minimum absolute atomic E-state index is 0.0508. The van der Waals surface area contributed by atoms with Crippen molar-refractivity contribution in [1.82, 2.24) is 4.90 Å². The second-order valence-electron chi connectivity index (χ2n) is 3.92. The van der Waals surface area contributed by atoms with Crippen LogP contribution in [0.4, 0.5) is 0 Å². The number of carbonyl (C=O) groups is 1. The maximum atomic E-state index is 11.8. The number of aliphatic hydroxyl groups is 1. The average Bonchev–Trinajstić information content (AvgIpc) is 2.36. The monoisotopic (exact) mass is 271 g/mol. The molecule has 0 atom stereocenters. The zero-order valence-electron chi connectivity index (χ0n) is 10.6. The Morgan fingerprint density at radius 1 is 1.50 bits per heavy atom. The standard InChI is InChI=1S/C13H18ClNO3/c1-3-15(6-7-16)13(17)9-18-12-8-10(2)4-5-11(12)14/h4-5,8,16H,3,6-7,9H2,1-2H3. The molecule has 0 aromatic heterocycles. The lowest BCUT2D eigenvalue weighted by atomic mass is 10.2. The van der Waals surface area contributed by atoms with Crippen LogP contribution in [0.5, 0.6) is 5.75 Å². The summed E-state index contributed by atoms with van der Waals surface area (Å²) in [7, 11) is 0. The van der Waals surface area contributed by atoms with Crippen molar-refractivity contribution < 1.29 is 14.6 Å². The molecule has 18 heavy (non-hydrogen) atoms. The summed E-state index contributed by atoms with van der Waals surface area (Å²) >= 11 is 5.96. The molecular formula is C13H18ClNO3. The van der Waals surface area contributed by atoms with Gasteiger partial charge in [0.1, 0.15) is 5.75 Å². The van der Waals surface area contributed by atoms with Crippen molar-refractivity contribution in [2.24, 2.45) is 0 Å². The van der Waals surface area contributed by atoms with Crippen molar-refractivity contribution in [2.75, 3.05) is 26.3 Å². The lowest BCUT2D eigenvalue weighted by Crippen LogP contribution is -2.36. The number of likely N-dealkylation sites (N-methyl/N-ethyl adjacent to an activating group) is 1. The van der Waals surface area contributed by atoms with Gasteiger partial charge in [-0.15, -0.1) is 0 Å². The van der Waals surface area contributed by atoms with E-state index in [4.69, 9.17) is 21.4 Å². The lowest BCUT2D eigenvalue weighted by Gasteiger charge is -2.19. The van der Waals surface area contributed by atoms with Gasteiger partial charge < -0.3 is 14.7 Å². The summed E-state index contributed by atoms with van der Waals surface area (Å²) in [5.74, 6) is 0.342. The SMILES string of the molecule is CCN(CCO)C(=O)COc1cc(C)ccc1Cl. The molecule has 1 rings (SSSR count). The Morgan fingerprint density at radius 2 is 2.22 bits per heavy atom. The first-order valence-corrected chi connectivity index (χ1v) is 6.23. The number of rotatable bonds is 6. The highest BCUT2D eigenvalue weighted by molar-refractivity contribution is 6.32. The van der Waals surface area contributed by atoms with Crippen LogP contribution in [0.1, 0.15) is 12.5 Å². The van der Waals surface area contributed by atoms with Gasteiger partial charge in [0.05, 0.1) is 11.6 Å². The fraction of sp³-hybridized carbons (Fsp3) is 0.462. The number of carbonyl (C=O) groups excluding carboxylic acids is 1. The van der Waals surface area contributed by atoms with Crippen molar-refractivity contribution in [1.29, 1.82) is 0 Å². The van der Waals surface area contributed by atoms with Crippen molar-refractivity contribution in [2.45, 2.75) is 13.8 Å². The van der Waals surface area contributed by atoms with Gasteiger partial charge in [0, 0.05) is 13.1 Å². The van der Waals surface area contributed by atoms with Gasteiger partial charge in [-0.2, -0.15) is 0 Å². The molecule has 1 amide bonds. The lowest BCUT2D eigenvalue weighted by molar-refractivity contribution is -0.133. The van der Waals surface area contributed by atoms with E-state index in [1.807, 2.05) is 19.9 Å². The van der Waals surface area contributed by atoms with Crippen LogP contribution < -0.4 is 4.74 Å². The van der Waals surface area contributed by atoms with Crippen molar-refractivity contribution in [3.8, 4) is 5.75 Å². The van der Waals surface area contributed by atoms with Gasteiger partial charge >= 0.3 is 0 Å². The van der Waals surface area contributed by atoms with E-state index < -0.39 is 0 Å². The van der Waals surface area contributed by atoms with Crippen LogP contribution in [-0.4, -0.2) is 42.2 Å². The van der Waals surface area contributed by atoms with E-state index in [0.717, 1.165) is 5.56 Å². The second kappa shape index (κ2) is 7.24. The van der Waals surface area contributed by atoms with Gasteiger partial charge in [0.2, 0.25) is 0 Å². The van der Waals surface area contributed by atoms with E-state index in [9.17, 15) is 4.79 Å². The molecule has 5 heteroatoms. The first-order valence-electron chi connectivity index (χ1n) is 5.86. The molecule has 1 aromatic carbocycles. The molecule has 1 aromatic rings. The van der Waals surface area contributed by atoms with E-state index in [1.165, 1.54) is 4.90 Å². The fourth-order valence-corrected chi connectivity index (χ4v) is 1.70. The van der Waals surface area contributed by atoms with Crippen molar-refractivity contribution >= 4 is 17.5 Å². The number of halogens is 1. The number of hydrogen-bond acceptors (Lipinski definition) is 3. The predicted octanol–water partition coefficient (Wildman–Crippen LogP) is 1.87. The molecule has 0 bridgehead atoms. The van der Waals surface area contributed by atoms with Gasteiger partial charge in [0.25, 0.3) is 5.91 Å². The van der Waals surface area contributed by atoms with Crippen LogP contribution in [-0.2, 0) is 4.79 Å². The minimum atomic E-state index is -0.163. The number of aryl methyl sites for hydroxylation is 1. The largest absolute Gasteiger partial charge is 0.482 e. The third kappa shape index (κ3) is 4.20. The molecule has 0 aliphatic rings. The third-order valence-corrected chi connectivity index (χ3v) is 2.85. The highest BCUT2D eigenvalue weighted by Gasteiger charge is 2.12. The second-order valence-corrected chi connectivity index (χ2v) is 4.33. The van der Waals surface area contributed by atoms with E-state index in [0.29, 0.717) is 23.9 Å². The number of nitrogens with zero attached hydrogens (tertiary/aromatic N) is 1. The Bertz CT molecular complexity index is 409. The highest BCUT2D eigenvalue weighted by atomic mass is 35.5. The minimum Gasteiger partial charge on any atom is -0.482 e. The Balaban J connectivity index is 2.58. The van der Waals surface area contributed by atoms with Crippen LogP contribution >= 0.6 is 11.6 Å². The van der Waals surface area contributed by atoms with E-state index in [2.05, 4.69) is 0 Å². The van der Waals surface area contributed by atoms with Gasteiger partial charge in [0.15, 0.2) is 6.61 Å². The number of hydrogen-bond donors (Lipinski definition) is 1. The van der Waals surface area contributed by atoms with E-state index in [-0.39, 0.29) is 19.1 Å². The maximum absolute atomic E-state index is 11.8. The molecule has 0 radical (unpaired) electrons. The van der Waals surface area contributed by atoms with Gasteiger partial charge in [-0.3, -0.25) is 4.79 Å². The zero-order valence-corrected chi connectivity index (χ0v) is 11.4. The van der Waals surface area contributed by atoms with Crippen LogP contribution in [0, 0.1) is 6.92 Å². The topological polar surface area (TPSA) is 49.8 Å². The molecule has 0 saturated heterocycles. The molecule has 0 spiro atoms. The molecule has 0 saturated carbocycles. The van der Waals surface area contributed by atoms with Gasteiger partial charge in [-0.05, 0) is 31.5 Å². The predicted molar refractivity (Wildman–Crippen MR) is 71.0 cm³/mol. The fourth-order valence-electron chi connectivity index (χ4n) is 1.53. The summed E-state index contributed by atoms with van der Waals surface area (Å²) in [4.78, 5) is 13.3. The molecule has 0 aliphatic carbocycles. The van der Waals surface area contributed by atoms with Crippen molar-refractivity contribution in [3.63, 3.8) is 0 Å². The number of amides is 1. The Morgan fingerprint density at radius 3 is 2.83 bits per heavy atom. The smallest absolute Gasteiger partial charge is 0.260 e. The number of aliphatic hydroxyl groups excluding tert-OH is 1. The normalized spacial score (nSPS) is 10.2. The van der Waals surface area contributed by atoms with Gasteiger partial charge in [-0.25, -0.2) is 0 Å². The van der Waals surface area contributed by atoms with Crippen LogP contribution in [0.25, 0.3) is 0 Å². The molecule has 0 heterocycles. The highest BCUT2D eigenvalue weighted by Crippen LogP contribution is 2.25. The molecule has 0 unspecified atom stereocenters. The Labute approximate surface area is 112 Å². The van der Waals surface area contributed by atoms with E-state index in [1.54, 1.807) is 12.1 Å². The summed E-state index contributed by atoms with van der Waals surface area (Å²) < 4.78 is 5.40. The van der Waals surface area contributed by atoms with Crippen LogP contribution in [0.3, 0.4) is 0 Å². The molecule has 4 nitrogen and oxygen atoms in total. The molecule has 1 N–H and O–H groups in total. The van der Waals surface area contributed by atoms with Crippen LogP contribution in [0.15, 0.2) is 18.2 Å². The molecule has 100 valence electrons. The number of ether oxygens (including phenoxy) is 1. The van der Waals surface area contributed by atoms with Gasteiger partial charge in [-0.1, -0.05) is 17.7 Å². The third-order valence-electron chi connectivity index (χ3n) is 2.54. The summed E-state index contributed by atoms with van der Waals surface area (Å²) in [6.45, 7) is 4.52. The molecular weight excluding hydrogens is 254 g/mol. The first-order chi connectivity index (χ1) is 8.58. The molecule has 0 fully saturated rings. The summed E-state index contributed by atoms with van der Waals surface area (Å²) in [6, 6.07) is 5.40. The van der Waals surface area contributed by atoms with Crippen LogP contribution in [0.2, 0.25) is 5.02 Å². The Hall–Kier alpha value is -1.26. The van der Waals surface area contributed by atoms with E-state index >= 15 is 0 Å². The first kappa shape index (κ1) is 14.8. The Kier molecular flexibility index (Phi) is 5.95. The zero-order chi connectivity index (χ0) is 13.5. The summed E-state index contributed by atoms with van der Waals surface area (Å²) in [5.41, 5.74) is 1.02. The maximum Gasteiger partial charge on any atom is 0.260 e. The summed E-state index contributed by atoms with van der Waals surface area (Å²) in [6.07, 6.45) is 0. The summed E-state index contributed by atoms with van der Waals surface area (Å²) in [5, 5.41) is 9.31. The average molecular weight is 272 g/mol. The number of benzene rings is 1. The quantitative estimate of drug-likeness (QED) is 0.859.